The lowest BCUT2D eigenvalue weighted by Gasteiger charge is -2.21. The summed E-state index contributed by atoms with van der Waals surface area (Å²) in [4.78, 5) is 27.8. The highest BCUT2D eigenvalue weighted by Crippen LogP contribution is 2.17. The molecule has 1 aliphatic rings. The maximum atomic E-state index is 11.7. The van der Waals surface area contributed by atoms with Crippen LogP contribution < -0.4 is 5.32 Å². The molecule has 3 N–H and O–H groups in total. The third-order valence-corrected chi connectivity index (χ3v) is 2.67. The Hall–Kier alpha value is -2.12. The minimum absolute atomic E-state index is 0.210. The van der Waals surface area contributed by atoms with Crippen molar-refractivity contribution in [2.24, 2.45) is 0 Å². The molecule has 2 heterocycles. The number of carbonyl (C=O) groups excluding carboxylic acids is 1. The molecule has 17 heavy (non-hydrogen) atoms. The van der Waals surface area contributed by atoms with Gasteiger partial charge in [0.05, 0.1) is 6.54 Å². The van der Waals surface area contributed by atoms with E-state index < -0.39 is 12.0 Å². The number of H-pyrrole nitrogens is 1. The Morgan fingerprint density at radius 2 is 2.47 bits per heavy atom. The molecule has 2 amide bonds. The topological polar surface area (TPSA) is 111 Å². The predicted octanol–water partition coefficient (Wildman–Crippen LogP) is -0.437. The number of rotatable bonds is 3. The van der Waals surface area contributed by atoms with Gasteiger partial charge in [0.25, 0.3) is 0 Å². The first kappa shape index (κ1) is 11.4. The predicted molar refractivity (Wildman–Crippen MR) is 56.0 cm³/mol. The highest BCUT2D eigenvalue weighted by Gasteiger charge is 2.33. The molecule has 92 valence electrons. The number of carboxylic acids is 1. The lowest BCUT2D eigenvalue weighted by Crippen LogP contribution is -2.45. The van der Waals surface area contributed by atoms with Crippen LogP contribution in [-0.2, 0) is 11.3 Å². The van der Waals surface area contributed by atoms with Crippen LogP contribution in [0.1, 0.15) is 18.7 Å². The van der Waals surface area contributed by atoms with Gasteiger partial charge < -0.3 is 15.3 Å². The van der Waals surface area contributed by atoms with Gasteiger partial charge in [-0.15, -0.1) is 0 Å². The Labute approximate surface area is 97.0 Å². The normalized spacial score (nSPS) is 19.3. The van der Waals surface area contributed by atoms with Gasteiger partial charge in [-0.25, -0.2) is 14.6 Å². The first-order valence-electron chi connectivity index (χ1n) is 5.30. The van der Waals surface area contributed by atoms with Gasteiger partial charge in [-0.3, -0.25) is 5.10 Å². The number of likely N-dealkylation sites (tertiary alicyclic amines) is 1. The lowest BCUT2D eigenvalue weighted by atomic mass is 10.2. The molecule has 8 nitrogen and oxygen atoms in total. The standard InChI is InChI=1S/C9H13N5O3/c15-8(16)6-2-1-3-14(6)9(17)10-4-7-11-5-12-13-7/h5-6H,1-4H2,(H,10,17)(H,15,16)(H,11,12,13). The molecule has 1 aliphatic heterocycles. The van der Waals surface area contributed by atoms with Crippen molar-refractivity contribution in [2.45, 2.75) is 25.4 Å². The zero-order chi connectivity index (χ0) is 12.3. The number of carboxylic acid groups (broad SMARTS) is 1. The van der Waals surface area contributed by atoms with Crippen LogP contribution in [0.2, 0.25) is 0 Å². The van der Waals surface area contributed by atoms with Crippen molar-refractivity contribution in [3.05, 3.63) is 12.2 Å². The van der Waals surface area contributed by atoms with E-state index >= 15 is 0 Å². The van der Waals surface area contributed by atoms with Crippen molar-refractivity contribution in [2.75, 3.05) is 6.54 Å². The molecular formula is C9H13N5O3. The van der Waals surface area contributed by atoms with E-state index in [-0.39, 0.29) is 12.6 Å². The zero-order valence-corrected chi connectivity index (χ0v) is 9.09. The highest BCUT2D eigenvalue weighted by atomic mass is 16.4. The van der Waals surface area contributed by atoms with Gasteiger partial charge in [0.15, 0.2) is 0 Å². The number of nitrogens with zero attached hydrogens (tertiary/aromatic N) is 3. The van der Waals surface area contributed by atoms with Crippen LogP contribution in [0.4, 0.5) is 4.79 Å². The van der Waals surface area contributed by atoms with E-state index in [1.165, 1.54) is 11.2 Å². The molecule has 0 spiro atoms. The summed E-state index contributed by atoms with van der Waals surface area (Å²) in [5.74, 6) is -0.429. The molecule has 8 heteroatoms. The van der Waals surface area contributed by atoms with Gasteiger partial charge in [0.2, 0.25) is 0 Å². The van der Waals surface area contributed by atoms with Crippen molar-refractivity contribution < 1.29 is 14.7 Å². The number of urea groups is 1. The number of amides is 2. The summed E-state index contributed by atoms with van der Waals surface area (Å²) in [7, 11) is 0. The molecule has 0 aliphatic carbocycles. The monoisotopic (exact) mass is 239 g/mol. The number of aromatic nitrogens is 3. The quantitative estimate of drug-likeness (QED) is 0.662. The fourth-order valence-corrected chi connectivity index (χ4v) is 1.84. The molecule has 1 unspecified atom stereocenters. The molecule has 1 aromatic heterocycles. The van der Waals surface area contributed by atoms with Gasteiger partial charge in [-0.1, -0.05) is 0 Å². The Morgan fingerprint density at radius 3 is 3.12 bits per heavy atom. The molecule has 1 aromatic rings. The van der Waals surface area contributed by atoms with Gasteiger partial charge in [-0.05, 0) is 12.8 Å². The molecule has 0 aromatic carbocycles. The summed E-state index contributed by atoms with van der Waals surface area (Å²) in [5, 5.41) is 17.8. The summed E-state index contributed by atoms with van der Waals surface area (Å²) < 4.78 is 0. The number of hydrogen-bond acceptors (Lipinski definition) is 4. The van der Waals surface area contributed by atoms with E-state index in [9.17, 15) is 9.59 Å². The highest BCUT2D eigenvalue weighted by molar-refractivity contribution is 5.83. The molecule has 1 fully saturated rings. The van der Waals surface area contributed by atoms with Crippen molar-refractivity contribution in [3.63, 3.8) is 0 Å². The van der Waals surface area contributed by atoms with E-state index in [2.05, 4.69) is 20.5 Å². The van der Waals surface area contributed by atoms with E-state index in [1.54, 1.807) is 0 Å². The summed E-state index contributed by atoms with van der Waals surface area (Å²) in [6.07, 6.45) is 2.56. The smallest absolute Gasteiger partial charge is 0.326 e. The number of aromatic amines is 1. The molecule has 0 radical (unpaired) electrons. The van der Waals surface area contributed by atoms with Crippen molar-refractivity contribution in [1.29, 1.82) is 0 Å². The van der Waals surface area contributed by atoms with E-state index in [0.717, 1.165) is 0 Å². The van der Waals surface area contributed by atoms with Crippen LogP contribution >= 0.6 is 0 Å². The lowest BCUT2D eigenvalue weighted by molar-refractivity contribution is -0.141. The van der Waals surface area contributed by atoms with Crippen molar-refractivity contribution in [1.82, 2.24) is 25.4 Å². The zero-order valence-electron chi connectivity index (χ0n) is 9.09. The van der Waals surface area contributed by atoms with E-state index in [4.69, 9.17) is 5.11 Å². The largest absolute Gasteiger partial charge is 0.480 e. The minimum Gasteiger partial charge on any atom is -0.480 e. The van der Waals surface area contributed by atoms with Crippen LogP contribution in [0, 0.1) is 0 Å². The average molecular weight is 239 g/mol. The number of hydrogen-bond donors (Lipinski definition) is 3. The van der Waals surface area contributed by atoms with E-state index in [1.807, 2.05) is 0 Å². The molecule has 0 saturated carbocycles. The Kier molecular flexibility index (Phi) is 3.22. The Bertz CT molecular complexity index is 405. The summed E-state index contributed by atoms with van der Waals surface area (Å²) >= 11 is 0. The molecule has 0 bridgehead atoms. The van der Waals surface area contributed by atoms with Crippen molar-refractivity contribution >= 4 is 12.0 Å². The Balaban J connectivity index is 1.89. The molecule has 2 rings (SSSR count). The van der Waals surface area contributed by atoms with Crippen LogP contribution in [0.3, 0.4) is 0 Å². The van der Waals surface area contributed by atoms with Gasteiger partial charge in [-0.2, -0.15) is 5.10 Å². The first-order valence-corrected chi connectivity index (χ1v) is 5.30. The molecular weight excluding hydrogens is 226 g/mol. The minimum atomic E-state index is -0.961. The fraction of sp³-hybridized carbons (Fsp3) is 0.556. The fourth-order valence-electron chi connectivity index (χ4n) is 1.84. The molecule has 1 atom stereocenters. The summed E-state index contributed by atoms with van der Waals surface area (Å²) in [5.41, 5.74) is 0. The number of nitrogens with one attached hydrogen (secondary N) is 2. The third kappa shape index (κ3) is 2.52. The SMILES string of the molecule is O=C(O)C1CCCN1C(=O)NCc1ncn[nH]1. The number of aliphatic carboxylic acids is 1. The van der Waals surface area contributed by atoms with Crippen LogP contribution in [-0.4, -0.2) is 49.8 Å². The van der Waals surface area contributed by atoms with E-state index in [0.29, 0.717) is 25.2 Å². The van der Waals surface area contributed by atoms with Crippen molar-refractivity contribution in [3.8, 4) is 0 Å². The second kappa shape index (κ2) is 4.81. The van der Waals surface area contributed by atoms with Crippen LogP contribution in [0.15, 0.2) is 6.33 Å². The maximum absolute atomic E-state index is 11.7. The second-order valence-corrected chi connectivity index (χ2v) is 3.78. The summed E-state index contributed by atoms with van der Waals surface area (Å²) in [6.45, 7) is 0.681. The van der Waals surface area contributed by atoms with Crippen LogP contribution in [0.5, 0.6) is 0 Å². The second-order valence-electron chi connectivity index (χ2n) is 3.78. The summed E-state index contributed by atoms with van der Waals surface area (Å²) in [6, 6.07) is -1.10. The van der Waals surface area contributed by atoms with Gasteiger partial charge >= 0.3 is 12.0 Å². The maximum Gasteiger partial charge on any atom is 0.326 e. The van der Waals surface area contributed by atoms with Gasteiger partial charge in [0.1, 0.15) is 18.2 Å². The van der Waals surface area contributed by atoms with Crippen LogP contribution in [0.25, 0.3) is 0 Å². The Morgan fingerprint density at radius 1 is 1.65 bits per heavy atom. The molecule has 1 saturated heterocycles. The van der Waals surface area contributed by atoms with Gasteiger partial charge in [0, 0.05) is 6.54 Å². The first-order chi connectivity index (χ1) is 8.18. The average Bonchev–Trinajstić information content (AvgIpc) is 2.96. The third-order valence-electron chi connectivity index (χ3n) is 2.67. The number of carbonyl (C=O) groups is 2.